The Morgan fingerprint density at radius 2 is 1.68 bits per heavy atom. The lowest BCUT2D eigenvalue weighted by atomic mass is 10.1. The number of anilines is 1. The van der Waals surface area contributed by atoms with Crippen molar-refractivity contribution in [3.8, 4) is 0 Å². The van der Waals surface area contributed by atoms with Crippen molar-refractivity contribution in [1.29, 1.82) is 0 Å². The maximum Gasteiger partial charge on any atom is 0.416 e. The Morgan fingerprint density at radius 3 is 2.47 bits per heavy atom. The molecule has 0 radical (unpaired) electrons. The van der Waals surface area contributed by atoms with Gasteiger partial charge in [0.2, 0.25) is 0 Å². The number of hydrogen-bond donors (Lipinski definition) is 0. The molecule has 1 aliphatic rings. The molecule has 3 aromatic rings. The minimum Gasteiger partial charge on any atom is -0.372 e. The van der Waals surface area contributed by atoms with Crippen LogP contribution in [0, 0.1) is 0 Å². The molecule has 0 amide bonds. The van der Waals surface area contributed by atoms with Crippen molar-refractivity contribution in [2.75, 3.05) is 25.0 Å². The molecule has 2 nitrogen and oxygen atoms in total. The van der Waals surface area contributed by atoms with Gasteiger partial charge in [-0.1, -0.05) is 60.7 Å². The zero-order chi connectivity index (χ0) is 22.6. The molecule has 0 spiro atoms. The van der Waals surface area contributed by atoms with Crippen molar-refractivity contribution in [3.63, 3.8) is 0 Å². The fourth-order valence-corrected chi connectivity index (χ4v) is 4.59. The maximum atomic E-state index is 13.0. The molecule has 4 rings (SSSR count). The summed E-state index contributed by atoms with van der Waals surface area (Å²) in [5, 5.41) is 0. The molecule has 0 saturated heterocycles. The summed E-state index contributed by atoms with van der Waals surface area (Å²) in [6.07, 6.45) is -0.262. The summed E-state index contributed by atoms with van der Waals surface area (Å²) < 4.78 is 39.0. The zero-order valence-electron chi connectivity index (χ0n) is 18.5. The third kappa shape index (κ3) is 6.81. The molecule has 0 N–H and O–H groups in total. The minimum absolute atomic E-state index is 0. The molecule has 1 heterocycles. The molecule has 0 saturated carbocycles. The smallest absolute Gasteiger partial charge is 0.372 e. The third-order valence-electron chi connectivity index (χ3n) is 5.30. The van der Waals surface area contributed by atoms with Gasteiger partial charge in [-0.3, -0.25) is 4.99 Å². The summed E-state index contributed by atoms with van der Waals surface area (Å²) in [4.78, 5) is 7.98. The Morgan fingerprint density at radius 1 is 0.941 bits per heavy atom. The van der Waals surface area contributed by atoms with Gasteiger partial charge in [0, 0.05) is 35.5 Å². The van der Waals surface area contributed by atoms with E-state index < -0.39 is 11.7 Å². The van der Waals surface area contributed by atoms with E-state index in [1.165, 1.54) is 23.9 Å². The lowest BCUT2D eigenvalue weighted by Gasteiger charge is -2.18. The van der Waals surface area contributed by atoms with Gasteiger partial charge in [0.25, 0.3) is 0 Å². The Hall–Kier alpha value is -2.41. The van der Waals surface area contributed by atoms with Gasteiger partial charge in [0.1, 0.15) is 0 Å². The van der Waals surface area contributed by atoms with Crippen LogP contribution in [-0.2, 0) is 11.9 Å². The molecule has 0 atom stereocenters. The first-order valence-electron chi connectivity index (χ1n) is 10.3. The zero-order valence-corrected chi connectivity index (χ0v) is 20.9. The number of benzene rings is 3. The molecule has 180 valence electrons. The predicted molar refractivity (Wildman–Crippen MR) is 142 cm³/mol. The van der Waals surface area contributed by atoms with Gasteiger partial charge in [-0.2, -0.15) is 13.2 Å². The molecule has 3 aromatic carbocycles. The van der Waals surface area contributed by atoms with E-state index in [1.54, 1.807) is 6.07 Å². The Bertz CT molecular complexity index is 1160. The first kappa shape index (κ1) is 27.8. The van der Waals surface area contributed by atoms with Gasteiger partial charge in [-0.15, -0.1) is 36.6 Å². The van der Waals surface area contributed by atoms with Crippen LogP contribution < -0.4 is 4.90 Å². The molecule has 1 aliphatic heterocycles. The van der Waals surface area contributed by atoms with E-state index in [2.05, 4.69) is 24.1 Å². The van der Waals surface area contributed by atoms with E-state index in [9.17, 15) is 13.2 Å². The standard InChI is InChI=1S/C26H23F3N2S.2ClH/c1-31-16-15-30-23(22-10-3-4-11-24(22)31)14-13-20-8-2-5-12-25(20)32-18-19-7-6-9-21(17-19)26(27,28)29;;/h2-14,17H,15-16,18H2,1H3;2*1H/b14-13+;;. The van der Waals surface area contributed by atoms with Crippen molar-refractivity contribution in [3.05, 3.63) is 101 Å². The number of para-hydroxylation sites is 1. The van der Waals surface area contributed by atoms with E-state index in [0.717, 1.165) is 46.6 Å². The second-order valence-electron chi connectivity index (χ2n) is 7.56. The average molecular weight is 525 g/mol. The van der Waals surface area contributed by atoms with E-state index in [0.29, 0.717) is 11.3 Å². The fraction of sp³-hybridized carbons (Fsp3) is 0.192. The second kappa shape index (κ2) is 12.3. The fourth-order valence-electron chi connectivity index (χ4n) is 3.61. The molecule has 0 aliphatic carbocycles. The number of likely N-dealkylation sites (N-methyl/N-ethyl adjacent to an activating group) is 1. The van der Waals surface area contributed by atoms with E-state index in [1.807, 2.05) is 48.6 Å². The molecule has 0 bridgehead atoms. The number of thioether (sulfide) groups is 1. The highest BCUT2D eigenvalue weighted by Gasteiger charge is 2.30. The van der Waals surface area contributed by atoms with E-state index in [4.69, 9.17) is 4.99 Å². The van der Waals surface area contributed by atoms with Crippen molar-refractivity contribution < 1.29 is 13.2 Å². The monoisotopic (exact) mass is 524 g/mol. The summed E-state index contributed by atoms with van der Waals surface area (Å²) in [7, 11) is 2.07. The number of benzodiazepines with no additional fused rings is 1. The summed E-state index contributed by atoms with van der Waals surface area (Å²) in [5.74, 6) is 0.462. The average Bonchev–Trinajstić information content (AvgIpc) is 2.95. The SMILES string of the molecule is CN1CCN=C(/C=C/c2ccccc2SCc2cccc(C(F)(F)F)c2)c2ccccc21.Cl.Cl. The van der Waals surface area contributed by atoms with Gasteiger partial charge in [-0.05, 0) is 35.4 Å². The predicted octanol–water partition coefficient (Wildman–Crippen LogP) is 7.79. The van der Waals surface area contributed by atoms with Crippen LogP contribution in [0.5, 0.6) is 0 Å². The van der Waals surface area contributed by atoms with E-state index in [-0.39, 0.29) is 24.8 Å². The van der Waals surface area contributed by atoms with Gasteiger partial charge >= 0.3 is 6.18 Å². The van der Waals surface area contributed by atoms with Crippen LogP contribution in [0.1, 0.15) is 22.3 Å². The number of alkyl halides is 3. The Kier molecular flexibility index (Phi) is 10.1. The van der Waals surface area contributed by atoms with Crippen LogP contribution in [-0.4, -0.2) is 25.8 Å². The second-order valence-corrected chi connectivity index (χ2v) is 8.58. The normalized spacial score (nSPS) is 13.4. The largest absolute Gasteiger partial charge is 0.416 e. The molecule has 34 heavy (non-hydrogen) atoms. The van der Waals surface area contributed by atoms with Crippen molar-refractivity contribution in [1.82, 2.24) is 0 Å². The number of allylic oxidation sites excluding steroid dienone is 1. The lowest BCUT2D eigenvalue weighted by Crippen LogP contribution is -2.20. The molecular weight excluding hydrogens is 500 g/mol. The van der Waals surface area contributed by atoms with Gasteiger partial charge in [0.15, 0.2) is 0 Å². The Balaban J connectivity index is 0.00000204. The lowest BCUT2D eigenvalue weighted by molar-refractivity contribution is -0.137. The number of rotatable bonds is 5. The molecular formula is C26H25Cl2F3N2S. The number of nitrogens with zero attached hydrogens (tertiary/aromatic N) is 2. The first-order valence-corrected chi connectivity index (χ1v) is 11.3. The summed E-state index contributed by atoms with van der Waals surface area (Å²) in [6.45, 7) is 1.58. The van der Waals surface area contributed by atoms with Crippen molar-refractivity contribution in [2.45, 2.75) is 16.8 Å². The van der Waals surface area contributed by atoms with Crippen LogP contribution in [0.3, 0.4) is 0 Å². The number of fused-ring (bicyclic) bond motifs is 1. The molecule has 0 unspecified atom stereocenters. The van der Waals surface area contributed by atoms with Crippen LogP contribution in [0.15, 0.2) is 88.8 Å². The number of hydrogen-bond acceptors (Lipinski definition) is 3. The Labute approximate surface area is 214 Å². The van der Waals surface area contributed by atoms with Crippen LogP contribution in [0.4, 0.5) is 18.9 Å². The minimum atomic E-state index is -4.33. The number of aliphatic imine (C=N–C) groups is 1. The van der Waals surface area contributed by atoms with Crippen LogP contribution in [0.25, 0.3) is 6.08 Å². The quantitative estimate of drug-likeness (QED) is 0.316. The number of halogens is 5. The molecule has 8 heteroatoms. The summed E-state index contributed by atoms with van der Waals surface area (Å²) in [6, 6.07) is 21.7. The maximum absolute atomic E-state index is 13.0. The summed E-state index contributed by atoms with van der Waals surface area (Å²) in [5.41, 5.74) is 4.23. The van der Waals surface area contributed by atoms with Gasteiger partial charge in [-0.25, -0.2) is 0 Å². The van der Waals surface area contributed by atoms with Gasteiger partial charge < -0.3 is 4.90 Å². The third-order valence-corrected chi connectivity index (χ3v) is 6.46. The molecule has 0 fully saturated rings. The van der Waals surface area contributed by atoms with Gasteiger partial charge in [0.05, 0.1) is 17.8 Å². The topological polar surface area (TPSA) is 15.6 Å². The summed E-state index contributed by atoms with van der Waals surface area (Å²) >= 11 is 1.53. The highest BCUT2D eigenvalue weighted by molar-refractivity contribution is 7.98. The van der Waals surface area contributed by atoms with E-state index >= 15 is 0 Å². The van der Waals surface area contributed by atoms with Crippen LogP contribution in [0.2, 0.25) is 0 Å². The van der Waals surface area contributed by atoms with Crippen LogP contribution >= 0.6 is 36.6 Å². The first-order chi connectivity index (χ1) is 15.4. The highest BCUT2D eigenvalue weighted by atomic mass is 35.5. The highest BCUT2D eigenvalue weighted by Crippen LogP contribution is 2.32. The van der Waals surface area contributed by atoms with Crippen molar-refractivity contribution >= 4 is 54.1 Å². The molecule has 0 aromatic heterocycles. The van der Waals surface area contributed by atoms with Crippen molar-refractivity contribution in [2.24, 2.45) is 4.99 Å².